The quantitative estimate of drug-likeness (QED) is 0.0505. The van der Waals surface area contributed by atoms with E-state index in [0.717, 1.165) is 56.9 Å². The number of hydrogen-bond acceptors (Lipinski definition) is 14. The predicted molar refractivity (Wildman–Crippen MR) is 303 cm³/mol. The molecule has 14 heteroatoms. The van der Waals surface area contributed by atoms with E-state index < -0.39 is 48.3 Å². The third kappa shape index (κ3) is 12.6. The summed E-state index contributed by atoms with van der Waals surface area (Å²) in [5, 5.41) is 81.3. The molecule has 0 aromatic heterocycles. The van der Waals surface area contributed by atoms with Crippen LogP contribution in [-0.2, 0) is 0 Å². The Labute approximate surface area is 451 Å². The molecule has 0 saturated heterocycles. The molecule has 0 aliphatic carbocycles. The summed E-state index contributed by atoms with van der Waals surface area (Å²) in [7, 11) is 0. The minimum atomic E-state index is -0.503. The van der Waals surface area contributed by atoms with Gasteiger partial charge in [-0.05, 0) is 173 Å². The second-order valence-corrected chi connectivity index (χ2v) is 18.3. The molecule has 0 saturated carbocycles. The molecule has 386 valence electrons. The lowest BCUT2D eigenvalue weighted by molar-refractivity contribution is 0.603. The van der Waals surface area contributed by atoms with Crippen molar-refractivity contribution >= 4 is 56.9 Å². The van der Waals surface area contributed by atoms with Crippen LogP contribution < -0.4 is 29.4 Å². The Bertz CT molecular complexity index is 2510. The summed E-state index contributed by atoms with van der Waals surface area (Å²) in [5.41, 5.74) is 7.83. The van der Waals surface area contributed by atoms with E-state index in [4.69, 9.17) is 0 Å². The molecule has 0 bridgehead atoms. The first-order chi connectivity index (χ1) is 37.0. The molecule has 0 heterocycles. The fourth-order valence-electron chi connectivity index (χ4n) is 9.85. The van der Waals surface area contributed by atoms with Gasteiger partial charge in [0.05, 0.1) is 48.6 Å². The molecule has 0 amide bonds. The highest BCUT2D eigenvalue weighted by Crippen LogP contribution is 2.42. The fourth-order valence-corrected chi connectivity index (χ4v) is 9.85. The van der Waals surface area contributed by atoms with Gasteiger partial charge in [0.1, 0.15) is 48.3 Å². The van der Waals surface area contributed by atoms with Gasteiger partial charge < -0.3 is 29.4 Å². The van der Waals surface area contributed by atoms with E-state index in [1.807, 2.05) is 196 Å². The van der Waals surface area contributed by atoms with Crippen molar-refractivity contribution in [3.05, 3.63) is 121 Å². The Morgan fingerprint density at radius 3 is 0.421 bits per heavy atom. The van der Waals surface area contributed by atoms with E-state index >= 15 is 0 Å². The van der Waals surface area contributed by atoms with Crippen LogP contribution in [0.25, 0.3) is 0 Å². The number of nitriles is 8. The lowest BCUT2D eigenvalue weighted by Gasteiger charge is -2.34. The van der Waals surface area contributed by atoms with E-state index in [1.54, 1.807) is 0 Å². The first-order valence-corrected chi connectivity index (χ1v) is 26.4. The van der Waals surface area contributed by atoms with Gasteiger partial charge in [0.2, 0.25) is 0 Å². The molecular weight excluding hydrogens is 941 g/mol. The van der Waals surface area contributed by atoms with Crippen molar-refractivity contribution in [2.24, 2.45) is 0 Å². The molecule has 0 spiro atoms. The summed E-state index contributed by atoms with van der Waals surface area (Å²) in [6.45, 7) is 15.5. The fraction of sp³-hybridized carbons (Fsp3) is 0.387. The summed E-state index contributed by atoms with van der Waals surface area (Å²) >= 11 is 0. The molecule has 0 radical (unpaired) electrons. The van der Waals surface area contributed by atoms with E-state index in [2.05, 4.69) is 58.4 Å². The van der Waals surface area contributed by atoms with Gasteiger partial charge in [0.15, 0.2) is 0 Å². The Morgan fingerprint density at radius 1 is 0.224 bits per heavy atom. The highest BCUT2D eigenvalue weighted by Gasteiger charge is 2.29. The number of benzene rings is 5. The zero-order chi connectivity index (χ0) is 55.3. The van der Waals surface area contributed by atoms with E-state index in [1.165, 1.54) is 0 Å². The third-order valence-electron chi connectivity index (χ3n) is 14.0. The van der Waals surface area contributed by atoms with Gasteiger partial charge in [-0.15, -0.1) is 0 Å². The molecule has 0 aliphatic heterocycles. The molecular formula is C62H68N14. The van der Waals surface area contributed by atoms with Gasteiger partial charge in [0.25, 0.3) is 0 Å². The lowest BCUT2D eigenvalue weighted by atomic mass is 10.1. The van der Waals surface area contributed by atoms with Gasteiger partial charge in [0, 0.05) is 56.9 Å². The Kier molecular flexibility index (Phi) is 21.5. The van der Waals surface area contributed by atoms with Gasteiger partial charge in [-0.1, -0.05) is 55.4 Å². The zero-order valence-corrected chi connectivity index (χ0v) is 45.1. The van der Waals surface area contributed by atoms with Gasteiger partial charge in [-0.3, -0.25) is 0 Å². The van der Waals surface area contributed by atoms with Crippen LogP contribution in [0.4, 0.5) is 56.9 Å². The Morgan fingerprint density at radius 2 is 0.329 bits per heavy atom. The molecule has 8 unspecified atom stereocenters. The first kappa shape index (κ1) is 57.7. The molecule has 0 N–H and O–H groups in total. The van der Waals surface area contributed by atoms with Crippen molar-refractivity contribution in [3.8, 4) is 48.6 Å². The molecule has 76 heavy (non-hydrogen) atoms. The molecule has 14 nitrogen and oxygen atoms in total. The predicted octanol–water partition coefficient (Wildman–Crippen LogP) is 14.3. The average molecular weight is 1010 g/mol. The van der Waals surface area contributed by atoms with Crippen LogP contribution >= 0.6 is 0 Å². The van der Waals surface area contributed by atoms with Crippen LogP contribution in [0.2, 0.25) is 0 Å². The average Bonchev–Trinajstić information content (AvgIpc) is 3.47. The molecule has 0 fully saturated rings. The summed E-state index contributed by atoms with van der Waals surface area (Å²) in [4.78, 5) is 11.8. The molecule has 5 rings (SSSR count). The maximum absolute atomic E-state index is 10.2. The van der Waals surface area contributed by atoms with Gasteiger partial charge in [-0.2, -0.15) is 42.1 Å². The highest BCUT2D eigenvalue weighted by molar-refractivity contribution is 5.83. The molecule has 5 aromatic rings. The van der Waals surface area contributed by atoms with Crippen LogP contribution in [0.1, 0.15) is 107 Å². The normalized spacial score (nSPS) is 13.7. The molecule has 8 atom stereocenters. The van der Waals surface area contributed by atoms with Crippen LogP contribution in [-0.4, -0.2) is 48.3 Å². The van der Waals surface area contributed by atoms with Crippen LogP contribution in [0, 0.1) is 90.6 Å². The topological polar surface area (TPSA) is 210 Å². The maximum atomic E-state index is 10.2. The van der Waals surface area contributed by atoms with Crippen molar-refractivity contribution in [1.82, 2.24) is 0 Å². The summed E-state index contributed by atoms with van der Waals surface area (Å²) in [6.07, 6.45) is 4.32. The standard InChI is InChI=1S/C62H68N14/c1-9-45(37-63)71(46(10-2)38-64)53-17-25-57(26-18-53)75(58-27-19-54(20-28-58)72(47(11-3)39-65)48(12-4)40-66)61-33-35-62(36-34-61)76(59-29-21-55(22-30-59)73(49(13-5)41-67)50(14-6)42-68)60-31-23-56(24-32-60)74(51(15-7)43-69)52(16-8)44-70/h17-36,45-52H,9-16H2,1-8H3. The number of hydrogen-bond donors (Lipinski definition) is 0. The number of rotatable bonds is 26. The maximum Gasteiger partial charge on any atom is 0.117 e. The minimum Gasteiger partial charge on any atom is -0.339 e. The van der Waals surface area contributed by atoms with Crippen molar-refractivity contribution in [2.45, 2.75) is 155 Å². The summed E-state index contributed by atoms with van der Waals surface area (Å²) in [6, 6.07) is 54.6. The van der Waals surface area contributed by atoms with Crippen LogP contribution in [0.15, 0.2) is 121 Å². The minimum absolute atomic E-state index is 0.503. The van der Waals surface area contributed by atoms with Crippen LogP contribution in [0.3, 0.4) is 0 Å². The van der Waals surface area contributed by atoms with Crippen molar-refractivity contribution in [2.75, 3.05) is 29.4 Å². The Balaban J connectivity index is 1.72. The van der Waals surface area contributed by atoms with Crippen LogP contribution in [0.5, 0.6) is 0 Å². The smallest absolute Gasteiger partial charge is 0.117 e. The summed E-state index contributed by atoms with van der Waals surface area (Å²) < 4.78 is 0. The van der Waals surface area contributed by atoms with Gasteiger partial charge >= 0.3 is 0 Å². The highest BCUT2D eigenvalue weighted by atomic mass is 15.2. The molecule has 0 aliphatic rings. The number of anilines is 10. The molecule has 5 aromatic carbocycles. The lowest BCUT2D eigenvalue weighted by Crippen LogP contribution is -2.41. The zero-order valence-electron chi connectivity index (χ0n) is 45.1. The van der Waals surface area contributed by atoms with Crippen molar-refractivity contribution < 1.29 is 0 Å². The number of nitrogens with zero attached hydrogens (tertiary/aromatic N) is 14. The van der Waals surface area contributed by atoms with Crippen molar-refractivity contribution in [1.29, 1.82) is 42.1 Å². The van der Waals surface area contributed by atoms with E-state index in [9.17, 15) is 42.1 Å². The monoisotopic (exact) mass is 1010 g/mol. The first-order valence-electron chi connectivity index (χ1n) is 26.4. The largest absolute Gasteiger partial charge is 0.339 e. The second-order valence-electron chi connectivity index (χ2n) is 18.3. The van der Waals surface area contributed by atoms with Gasteiger partial charge in [-0.25, -0.2) is 0 Å². The summed E-state index contributed by atoms with van der Waals surface area (Å²) in [5.74, 6) is 0. The van der Waals surface area contributed by atoms with Crippen molar-refractivity contribution in [3.63, 3.8) is 0 Å². The van der Waals surface area contributed by atoms with E-state index in [-0.39, 0.29) is 0 Å². The van der Waals surface area contributed by atoms with E-state index in [0.29, 0.717) is 51.4 Å². The third-order valence-corrected chi connectivity index (χ3v) is 14.0. The second kappa shape index (κ2) is 28.3. The SMILES string of the molecule is CCC(C#N)N(c1ccc(N(c2ccc(N(c3ccc(N(C(C#N)CC)C(C#N)CC)cc3)c3ccc(N(C(C#N)CC)C(C#N)CC)cc3)cc2)c2ccc(N(C(C#N)CC)C(C#N)CC)cc2)cc1)C(C#N)CC. The Hall–Kier alpha value is -9.18.